The molecule has 102 valence electrons. The molecule has 0 amide bonds. The number of nitrogens with zero attached hydrogens (tertiary/aromatic N) is 2. The highest BCUT2D eigenvalue weighted by Gasteiger charge is 2.26. The van der Waals surface area contributed by atoms with Crippen molar-refractivity contribution in [2.45, 2.75) is 51.6 Å². The number of nitrogens with one attached hydrogen (secondary N) is 1. The zero-order valence-electron chi connectivity index (χ0n) is 11.6. The van der Waals surface area contributed by atoms with Gasteiger partial charge in [-0.15, -0.1) is 0 Å². The van der Waals surface area contributed by atoms with Crippen molar-refractivity contribution in [3.05, 3.63) is 22.9 Å². The molecule has 0 saturated heterocycles. The zero-order valence-corrected chi connectivity index (χ0v) is 11.6. The molecule has 1 aromatic rings. The molecule has 4 heteroatoms. The van der Waals surface area contributed by atoms with E-state index >= 15 is 0 Å². The number of imidazole rings is 1. The Hall–Kier alpha value is -1.03. The Morgan fingerprint density at radius 3 is 2.89 bits per heavy atom. The summed E-state index contributed by atoms with van der Waals surface area (Å²) in [5, 5.41) is 3.64. The number of aryl methyl sites for hydroxylation is 2. The maximum Gasteiger partial charge on any atom is 0.327 e. The summed E-state index contributed by atoms with van der Waals surface area (Å²) >= 11 is 0. The molecule has 1 N–H and O–H groups in total. The van der Waals surface area contributed by atoms with Gasteiger partial charge in [-0.05, 0) is 38.1 Å². The highest BCUT2D eigenvalue weighted by atomic mass is 16.1. The van der Waals surface area contributed by atoms with E-state index in [1.807, 2.05) is 17.0 Å². The van der Waals surface area contributed by atoms with Crippen LogP contribution in [-0.4, -0.2) is 21.7 Å². The number of hydrogen-bond acceptors (Lipinski definition) is 2. The second-order valence-electron chi connectivity index (χ2n) is 5.43. The molecule has 1 aromatic heterocycles. The summed E-state index contributed by atoms with van der Waals surface area (Å²) < 4.78 is 3.47. The van der Waals surface area contributed by atoms with Crippen LogP contribution in [0.1, 0.15) is 39.0 Å². The van der Waals surface area contributed by atoms with Crippen LogP contribution in [0.25, 0.3) is 0 Å². The number of aromatic nitrogens is 2. The normalized spacial score (nSPS) is 23.7. The first-order chi connectivity index (χ1) is 8.72. The van der Waals surface area contributed by atoms with Crippen molar-refractivity contribution in [2.75, 3.05) is 6.54 Å². The van der Waals surface area contributed by atoms with Gasteiger partial charge in [0.05, 0.1) is 0 Å². The summed E-state index contributed by atoms with van der Waals surface area (Å²) in [5.74, 6) is 0.739. The van der Waals surface area contributed by atoms with Crippen LogP contribution in [0, 0.1) is 5.92 Å². The van der Waals surface area contributed by atoms with Crippen molar-refractivity contribution in [3.63, 3.8) is 0 Å². The van der Waals surface area contributed by atoms with Gasteiger partial charge in [0.15, 0.2) is 0 Å². The highest BCUT2D eigenvalue weighted by Crippen LogP contribution is 2.28. The molecule has 2 atom stereocenters. The fourth-order valence-corrected chi connectivity index (χ4v) is 2.97. The molecule has 0 aliphatic heterocycles. The largest absolute Gasteiger partial charge is 0.327 e. The van der Waals surface area contributed by atoms with Gasteiger partial charge in [0.25, 0.3) is 0 Å². The van der Waals surface area contributed by atoms with Crippen molar-refractivity contribution in [3.8, 4) is 0 Å². The van der Waals surface area contributed by atoms with E-state index in [-0.39, 0.29) is 5.69 Å². The maximum absolute atomic E-state index is 11.7. The maximum atomic E-state index is 11.7. The molecular weight excluding hydrogens is 226 g/mol. The molecule has 1 saturated carbocycles. The number of rotatable bonds is 6. The third-order valence-corrected chi connectivity index (χ3v) is 4.07. The Kier molecular flexibility index (Phi) is 4.64. The first-order valence-corrected chi connectivity index (χ1v) is 7.17. The van der Waals surface area contributed by atoms with Gasteiger partial charge in [0, 0.05) is 32.0 Å². The molecule has 1 heterocycles. The van der Waals surface area contributed by atoms with Crippen LogP contribution in [0.2, 0.25) is 0 Å². The van der Waals surface area contributed by atoms with Crippen LogP contribution in [-0.2, 0) is 13.6 Å². The second kappa shape index (κ2) is 6.23. The molecule has 1 aliphatic rings. The Balaban J connectivity index is 1.85. The monoisotopic (exact) mass is 251 g/mol. The Morgan fingerprint density at radius 2 is 2.22 bits per heavy atom. The molecular formula is C14H25N3O. The van der Waals surface area contributed by atoms with Crippen LogP contribution in [0.3, 0.4) is 0 Å². The lowest BCUT2D eigenvalue weighted by Crippen LogP contribution is -2.34. The smallest absolute Gasteiger partial charge is 0.314 e. The predicted molar refractivity (Wildman–Crippen MR) is 73.7 cm³/mol. The van der Waals surface area contributed by atoms with E-state index in [0.717, 1.165) is 25.4 Å². The average Bonchev–Trinajstić information content (AvgIpc) is 2.94. The quantitative estimate of drug-likeness (QED) is 0.836. The fourth-order valence-electron chi connectivity index (χ4n) is 2.97. The lowest BCUT2D eigenvalue weighted by Gasteiger charge is -2.20. The van der Waals surface area contributed by atoms with E-state index < -0.39 is 0 Å². The second-order valence-corrected chi connectivity index (χ2v) is 5.43. The van der Waals surface area contributed by atoms with Crippen LogP contribution < -0.4 is 11.0 Å². The Labute approximate surface area is 109 Å². The topological polar surface area (TPSA) is 39.0 Å². The molecule has 1 aliphatic carbocycles. The van der Waals surface area contributed by atoms with Crippen molar-refractivity contribution < 1.29 is 0 Å². The van der Waals surface area contributed by atoms with E-state index in [2.05, 4.69) is 12.2 Å². The minimum absolute atomic E-state index is 0.103. The van der Waals surface area contributed by atoms with Gasteiger partial charge < -0.3 is 9.88 Å². The van der Waals surface area contributed by atoms with Gasteiger partial charge in [-0.2, -0.15) is 0 Å². The van der Waals surface area contributed by atoms with Crippen molar-refractivity contribution in [1.82, 2.24) is 14.5 Å². The standard InChI is InChI=1S/C14H25N3O/c1-3-8-15-13-6-4-5-12(13)7-9-17-11-10-16(2)14(17)18/h10-13,15H,3-9H2,1-2H3. The average molecular weight is 251 g/mol. The summed E-state index contributed by atoms with van der Waals surface area (Å²) in [6.07, 6.45) is 9.98. The Bertz CT molecular complexity index is 421. The summed E-state index contributed by atoms with van der Waals surface area (Å²) in [7, 11) is 1.81. The summed E-state index contributed by atoms with van der Waals surface area (Å²) in [4.78, 5) is 11.7. The lowest BCUT2D eigenvalue weighted by molar-refractivity contribution is 0.359. The molecule has 0 radical (unpaired) electrons. The van der Waals surface area contributed by atoms with Crippen molar-refractivity contribution in [2.24, 2.45) is 13.0 Å². The SMILES string of the molecule is CCCNC1CCCC1CCn1ccn(C)c1=O. The number of hydrogen-bond donors (Lipinski definition) is 1. The van der Waals surface area contributed by atoms with Crippen LogP contribution in [0.15, 0.2) is 17.2 Å². The first-order valence-electron chi connectivity index (χ1n) is 7.17. The summed E-state index contributed by atoms with van der Waals surface area (Å²) in [5.41, 5.74) is 0.103. The van der Waals surface area contributed by atoms with Crippen LogP contribution in [0.5, 0.6) is 0 Å². The van der Waals surface area contributed by atoms with E-state index in [9.17, 15) is 4.79 Å². The molecule has 18 heavy (non-hydrogen) atoms. The van der Waals surface area contributed by atoms with E-state index in [4.69, 9.17) is 0 Å². The first kappa shape index (κ1) is 13.4. The zero-order chi connectivity index (χ0) is 13.0. The van der Waals surface area contributed by atoms with E-state index in [1.165, 1.54) is 25.7 Å². The van der Waals surface area contributed by atoms with E-state index in [1.54, 1.807) is 11.6 Å². The molecule has 1 fully saturated rings. The summed E-state index contributed by atoms with van der Waals surface area (Å²) in [6.45, 7) is 4.18. The van der Waals surface area contributed by atoms with Crippen molar-refractivity contribution in [1.29, 1.82) is 0 Å². The Morgan fingerprint density at radius 1 is 1.39 bits per heavy atom. The highest BCUT2D eigenvalue weighted by molar-refractivity contribution is 4.85. The molecule has 0 spiro atoms. The summed E-state index contributed by atoms with van der Waals surface area (Å²) in [6, 6.07) is 0.671. The predicted octanol–water partition coefficient (Wildman–Crippen LogP) is 1.75. The van der Waals surface area contributed by atoms with Gasteiger partial charge in [-0.25, -0.2) is 4.79 Å². The fraction of sp³-hybridized carbons (Fsp3) is 0.786. The molecule has 0 aromatic carbocycles. The van der Waals surface area contributed by atoms with Gasteiger partial charge in [-0.1, -0.05) is 13.3 Å². The minimum Gasteiger partial charge on any atom is -0.314 e. The van der Waals surface area contributed by atoms with Gasteiger partial charge in [-0.3, -0.25) is 4.57 Å². The van der Waals surface area contributed by atoms with Crippen molar-refractivity contribution >= 4 is 0 Å². The van der Waals surface area contributed by atoms with E-state index in [0.29, 0.717) is 6.04 Å². The minimum atomic E-state index is 0.103. The van der Waals surface area contributed by atoms with Gasteiger partial charge in [0.1, 0.15) is 0 Å². The molecule has 4 nitrogen and oxygen atoms in total. The molecule has 2 rings (SSSR count). The lowest BCUT2D eigenvalue weighted by atomic mass is 9.99. The van der Waals surface area contributed by atoms with Gasteiger partial charge >= 0.3 is 5.69 Å². The van der Waals surface area contributed by atoms with Gasteiger partial charge in [0.2, 0.25) is 0 Å². The molecule has 0 bridgehead atoms. The van der Waals surface area contributed by atoms with Crippen LogP contribution >= 0.6 is 0 Å². The van der Waals surface area contributed by atoms with Crippen LogP contribution in [0.4, 0.5) is 0 Å². The molecule has 2 unspecified atom stereocenters. The third kappa shape index (κ3) is 3.05. The third-order valence-electron chi connectivity index (χ3n) is 4.07.